The lowest BCUT2D eigenvalue weighted by atomic mass is 9.96. The van der Waals surface area contributed by atoms with Crippen molar-refractivity contribution >= 4 is 5.97 Å². The van der Waals surface area contributed by atoms with Crippen LogP contribution in [0.2, 0.25) is 0 Å². The first-order valence-electron chi connectivity index (χ1n) is 6.18. The molecular weight excluding hydrogens is 234 g/mol. The van der Waals surface area contributed by atoms with Gasteiger partial charge < -0.3 is 9.63 Å². The van der Waals surface area contributed by atoms with Crippen LogP contribution in [0.5, 0.6) is 0 Å². The molecule has 0 saturated carbocycles. The molecule has 0 bridgehead atoms. The number of rotatable bonds is 3. The molecule has 6 heteroatoms. The van der Waals surface area contributed by atoms with Gasteiger partial charge in [-0.15, -0.1) is 0 Å². The van der Waals surface area contributed by atoms with E-state index in [2.05, 4.69) is 10.1 Å². The number of nitrogens with zero attached hydrogens (tertiary/aromatic N) is 3. The number of carboxylic acid groups (broad SMARTS) is 1. The summed E-state index contributed by atoms with van der Waals surface area (Å²) in [5.41, 5.74) is -0.154. The molecule has 0 radical (unpaired) electrons. The van der Waals surface area contributed by atoms with E-state index in [1.54, 1.807) is 0 Å². The Kier molecular flexibility index (Phi) is 3.38. The van der Waals surface area contributed by atoms with Crippen LogP contribution in [0.3, 0.4) is 0 Å². The van der Waals surface area contributed by atoms with Crippen LogP contribution >= 0.6 is 0 Å². The van der Waals surface area contributed by atoms with Crippen molar-refractivity contribution in [2.24, 2.45) is 0 Å². The van der Waals surface area contributed by atoms with Gasteiger partial charge >= 0.3 is 5.97 Å². The first kappa shape index (κ1) is 13.0. The van der Waals surface area contributed by atoms with E-state index in [4.69, 9.17) is 9.63 Å². The largest absolute Gasteiger partial charge is 0.480 e. The van der Waals surface area contributed by atoms with Crippen molar-refractivity contribution in [3.05, 3.63) is 11.7 Å². The van der Waals surface area contributed by atoms with E-state index in [-0.39, 0.29) is 5.41 Å². The third-order valence-electron chi connectivity index (χ3n) is 3.13. The zero-order chi connectivity index (χ0) is 13.3. The highest BCUT2D eigenvalue weighted by molar-refractivity contribution is 5.73. The fourth-order valence-electron chi connectivity index (χ4n) is 2.09. The summed E-state index contributed by atoms with van der Waals surface area (Å²) in [5.74, 6) is 0.375. The van der Waals surface area contributed by atoms with Crippen molar-refractivity contribution in [3.8, 4) is 0 Å². The van der Waals surface area contributed by atoms with E-state index in [9.17, 15) is 4.79 Å². The fourth-order valence-corrected chi connectivity index (χ4v) is 2.09. The van der Waals surface area contributed by atoms with Gasteiger partial charge in [0.2, 0.25) is 5.89 Å². The van der Waals surface area contributed by atoms with Crippen molar-refractivity contribution in [2.45, 2.75) is 51.6 Å². The molecule has 2 heterocycles. The molecule has 1 aromatic heterocycles. The first-order chi connectivity index (χ1) is 8.38. The van der Waals surface area contributed by atoms with E-state index in [0.29, 0.717) is 24.7 Å². The molecule has 1 aliphatic rings. The summed E-state index contributed by atoms with van der Waals surface area (Å²) in [6, 6.07) is -0.421. The number of likely N-dealkylation sites (tertiary alicyclic amines) is 1. The van der Waals surface area contributed by atoms with E-state index in [1.165, 1.54) is 0 Å². The predicted molar refractivity (Wildman–Crippen MR) is 64.1 cm³/mol. The van der Waals surface area contributed by atoms with Crippen molar-refractivity contribution in [1.82, 2.24) is 15.0 Å². The Morgan fingerprint density at radius 3 is 2.83 bits per heavy atom. The molecule has 1 aromatic rings. The molecule has 1 fully saturated rings. The number of aromatic nitrogens is 2. The van der Waals surface area contributed by atoms with Crippen LogP contribution in [-0.2, 0) is 16.8 Å². The van der Waals surface area contributed by atoms with Crippen LogP contribution in [0, 0.1) is 0 Å². The molecule has 1 atom stereocenters. The quantitative estimate of drug-likeness (QED) is 0.877. The normalized spacial score (nSPS) is 21.4. The van der Waals surface area contributed by atoms with Crippen LogP contribution in [0.15, 0.2) is 4.52 Å². The second kappa shape index (κ2) is 4.68. The van der Waals surface area contributed by atoms with Gasteiger partial charge in [0.15, 0.2) is 5.82 Å². The third-order valence-corrected chi connectivity index (χ3v) is 3.13. The predicted octanol–water partition coefficient (Wildman–Crippen LogP) is 1.42. The molecule has 0 aliphatic carbocycles. The van der Waals surface area contributed by atoms with Gasteiger partial charge in [-0.1, -0.05) is 25.9 Å². The van der Waals surface area contributed by atoms with Crippen molar-refractivity contribution in [3.63, 3.8) is 0 Å². The van der Waals surface area contributed by atoms with E-state index >= 15 is 0 Å². The maximum atomic E-state index is 11.1. The van der Waals surface area contributed by atoms with E-state index in [0.717, 1.165) is 13.0 Å². The highest BCUT2D eigenvalue weighted by Gasteiger charge is 2.32. The number of hydrogen-bond donors (Lipinski definition) is 1. The summed E-state index contributed by atoms with van der Waals surface area (Å²) in [4.78, 5) is 17.3. The molecule has 18 heavy (non-hydrogen) atoms. The summed E-state index contributed by atoms with van der Waals surface area (Å²) in [7, 11) is 0. The van der Waals surface area contributed by atoms with Crippen molar-refractivity contribution < 1.29 is 14.4 Å². The lowest BCUT2D eigenvalue weighted by Gasteiger charge is -2.18. The number of hydrogen-bond acceptors (Lipinski definition) is 5. The molecule has 2 rings (SSSR count). The van der Waals surface area contributed by atoms with Crippen LogP contribution in [0.1, 0.15) is 45.3 Å². The Hall–Kier alpha value is -1.43. The SMILES string of the molecule is CC(C)(C)c1noc(CN2CCCC2C(=O)O)n1. The average Bonchev–Trinajstić information content (AvgIpc) is 2.85. The Morgan fingerprint density at radius 2 is 2.28 bits per heavy atom. The maximum absolute atomic E-state index is 11.1. The topological polar surface area (TPSA) is 79.5 Å². The van der Waals surface area contributed by atoms with Crippen LogP contribution < -0.4 is 0 Å². The molecule has 1 aliphatic heterocycles. The standard InChI is InChI=1S/C12H19N3O3/c1-12(2,3)11-13-9(18-14-11)7-15-6-4-5-8(15)10(16)17/h8H,4-7H2,1-3H3,(H,16,17). The molecule has 100 valence electrons. The van der Waals surface area contributed by atoms with Gasteiger partial charge in [0.05, 0.1) is 6.54 Å². The summed E-state index contributed by atoms with van der Waals surface area (Å²) in [6.07, 6.45) is 1.59. The van der Waals surface area contributed by atoms with Gasteiger partial charge in [-0.2, -0.15) is 4.98 Å². The van der Waals surface area contributed by atoms with Crippen molar-refractivity contribution in [1.29, 1.82) is 0 Å². The zero-order valence-corrected chi connectivity index (χ0v) is 11.0. The lowest BCUT2D eigenvalue weighted by Crippen LogP contribution is -2.35. The van der Waals surface area contributed by atoms with Crippen LogP contribution in [0.25, 0.3) is 0 Å². The monoisotopic (exact) mass is 253 g/mol. The second-order valence-corrected chi connectivity index (χ2v) is 5.73. The highest BCUT2D eigenvalue weighted by Crippen LogP contribution is 2.22. The third kappa shape index (κ3) is 2.69. The lowest BCUT2D eigenvalue weighted by molar-refractivity contribution is -0.142. The van der Waals surface area contributed by atoms with Crippen molar-refractivity contribution in [2.75, 3.05) is 6.54 Å². The smallest absolute Gasteiger partial charge is 0.320 e. The maximum Gasteiger partial charge on any atom is 0.320 e. The average molecular weight is 253 g/mol. The summed E-state index contributed by atoms with van der Waals surface area (Å²) >= 11 is 0. The molecule has 0 spiro atoms. The van der Waals surface area contributed by atoms with Gasteiger partial charge in [0, 0.05) is 5.41 Å². The second-order valence-electron chi connectivity index (χ2n) is 5.73. The van der Waals surface area contributed by atoms with Gasteiger partial charge in [0.25, 0.3) is 0 Å². The zero-order valence-electron chi connectivity index (χ0n) is 11.0. The minimum atomic E-state index is -0.775. The number of carboxylic acids is 1. The Morgan fingerprint density at radius 1 is 1.56 bits per heavy atom. The fraction of sp³-hybridized carbons (Fsp3) is 0.750. The molecular formula is C12H19N3O3. The van der Waals surface area contributed by atoms with Gasteiger partial charge in [0.1, 0.15) is 6.04 Å². The molecule has 6 nitrogen and oxygen atoms in total. The minimum Gasteiger partial charge on any atom is -0.480 e. The minimum absolute atomic E-state index is 0.154. The van der Waals surface area contributed by atoms with E-state index in [1.807, 2.05) is 25.7 Å². The molecule has 0 amide bonds. The van der Waals surface area contributed by atoms with Crippen LogP contribution in [-0.4, -0.2) is 38.7 Å². The number of carbonyl (C=O) groups is 1. The molecule has 1 unspecified atom stereocenters. The summed E-state index contributed by atoms with van der Waals surface area (Å²) < 4.78 is 5.19. The van der Waals surface area contributed by atoms with Gasteiger partial charge in [-0.05, 0) is 19.4 Å². The molecule has 0 aromatic carbocycles. The molecule has 1 saturated heterocycles. The Bertz CT molecular complexity index is 436. The first-order valence-corrected chi connectivity index (χ1v) is 6.18. The van der Waals surface area contributed by atoms with Gasteiger partial charge in [-0.3, -0.25) is 9.69 Å². The Labute approximate surface area is 106 Å². The van der Waals surface area contributed by atoms with E-state index < -0.39 is 12.0 Å². The highest BCUT2D eigenvalue weighted by atomic mass is 16.5. The summed E-state index contributed by atoms with van der Waals surface area (Å²) in [5, 5.41) is 13.0. The number of aliphatic carboxylic acids is 1. The molecule has 1 N–H and O–H groups in total. The van der Waals surface area contributed by atoms with Gasteiger partial charge in [-0.25, -0.2) is 0 Å². The Balaban J connectivity index is 2.05. The summed E-state index contributed by atoms with van der Waals surface area (Å²) in [6.45, 7) is 7.22. The van der Waals surface area contributed by atoms with Crippen LogP contribution in [0.4, 0.5) is 0 Å².